The maximum absolute atomic E-state index is 10.9. The van der Waals surface area contributed by atoms with Crippen LogP contribution in [0.4, 0.5) is 0 Å². The molecule has 3 heteroatoms. The summed E-state index contributed by atoms with van der Waals surface area (Å²) >= 11 is 0. The maximum Gasteiger partial charge on any atom is 0.305 e. The molecular weight excluding hydrogens is 190 g/mol. The van der Waals surface area contributed by atoms with Crippen molar-refractivity contribution in [2.75, 3.05) is 13.1 Å². The van der Waals surface area contributed by atoms with Gasteiger partial charge in [-0.3, -0.25) is 9.69 Å². The van der Waals surface area contributed by atoms with Gasteiger partial charge in [0.05, 0.1) is 6.42 Å². The fourth-order valence-corrected chi connectivity index (χ4v) is 2.79. The molecule has 15 heavy (non-hydrogen) atoms. The van der Waals surface area contributed by atoms with Gasteiger partial charge in [-0.05, 0) is 18.8 Å². The van der Waals surface area contributed by atoms with E-state index in [2.05, 4.69) is 25.3 Å². The van der Waals surface area contributed by atoms with Gasteiger partial charge in [0.2, 0.25) is 0 Å². The fraction of sp³-hybridized carbons (Fsp3) is 0.750. The van der Waals surface area contributed by atoms with Crippen molar-refractivity contribution in [1.82, 2.24) is 4.90 Å². The van der Waals surface area contributed by atoms with Crippen LogP contribution in [0.3, 0.4) is 0 Å². The number of likely N-dealkylation sites (tertiary alicyclic amines) is 1. The molecule has 2 atom stereocenters. The van der Waals surface area contributed by atoms with Crippen molar-refractivity contribution in [3.63, 3.8) is 0 Å². The Morgan fingerprint density at radius 2 is 2.40 bits per heavy atom. The van der Waals surface area contributed by atoms with Gasteiger partial charge in [-0.2, -0.15) is 0 Å². The van der Waals surface area contributed by atoms with E-state index in [1.165, 1.54) is 0 Å². The number of carbonyl (C=O) groups is 1. The highest BCUT2D eigenvalue weighted by Crippen LogP contribution is 2.38. The van der Waals surface area contributed by atoms with Crippen molar-refractivity contribution in [2.45, 2.75) is 38.6 Å². The summed E-state index contributed by atoms with van der Waals surface area (Å²) in [7, 11) is 0. The first-order chi connectivity index (χ1) is 7.04. The summed E-state index contributed by atoms with van der Waals surface area (Å²) in [6, 6.07) is 0. The van der Waals surface area contributed by atoms with Crippen LogP contribution in [0.25, 0.3) is 0 Å². The first-order valence-electron chi connectivity index (χ1n) is 5.62. The summed E-state index contributed by atoms with van der Waals surface area (Å²) in [6.07, 6.45) is 4.01. The highest BCUT2D eigenvalue weighted by atomic mass is 16.4. The van der Waals surface area contributed by atoms with Crippen LogP contribution < -0.4 is 0 Å². The third-order valence-corrected chi connectivity index (χ3v) is 3.42. The van der Waals surface area contributed by atoms with Crippen molar-refractivity contribution in [2.24, 2.45) is 5.92 Å². The molecule has 1 N–H and O–H groups in total. The van der Waals surface area contributed by atoms with Gasteiger partial charge < -0.3 is 5.11 Å². The first kappa shape index (κ1) is 12.2. The molecule has 0 aliphatic carbocycles. The van der Waals surface area contributed by atoms with E-state index in [1.807, 2.05) is 6.08 Å². The lowest BCUT2D eigenvalue weighted by Gasteiger charge is -2.36. The van der Waals surface area contributed by atoms with E-state index in [0.717, 1.165) is 25.9 Å². The van der Waals surface area contributed by atoms with Gasteiger partial charge in [-0.25, -0.2) is 0 Å². The summed E-state index contributed by atoms with van der Waals surface area (Å²) < 4.78 is 0. The third-order valence-electron chi connectivity index (χ3n) is 3.42. The Hall–Kier alpha value is -0.830. The fourth-order valence-electron chi connectivity index (χ4n) is 2.79. The molecule has 0 aromatic carbocycles. The van der Waals surface area contributed by atoms with Gasteiger partial charge in [0, 0.05) is 18.6 Å². The number of hydrogen-bond donors (Lipinski definition) is 1. The molecule has 3 nitrogen and oxygen atoms in total. The number of hydrogen-bond acceptors (Lipinski definition) is 2. The van der Waals surface area contributed by atoms with Gasteiger partial charge >= 0.3 is 5.97 Å². The summed E-state index contributed by atoms with van der Waals surface area (Å²) in [4.78, 5) is 13.2. The van der Waals surface area contributed by atoms with E-state index in [1.54, 1.807) is 0 Å². The van der Waals surface area contributed by atoms with Crippen LogP contribution in [0, 0.1) is 5.92 Å². The number of nitrogens with zero attached hydrogens (tertiary/aromatic N) is 1. The normalized spacial score (nSPS) is 31.7. The van der Waals surface area contributed by atoms with Crippen LogP contribution >= 0.6 is 0 Å². The van der Waals surface area contributed by atoms with E-state index in [-0.39, 0.29) is 12.0 Å². The molecule has 0 spiro atoms. The lowest BCUT2D eigenvalue weighted by atomic mass is 9.86. The standard InChI is InChI=1S/C12H21NO2/c1-4-6-13-9-10(3)7-12(13,5-2)8-11(14)15/h4,10H,1,5-9H2,2-3H3,(H,14,15). The summed E-state index contributed by atoms with van der Waals surface area (Å²) in [5.41, 5.74) is -0.139. The van der Waals surface area contributed by atoms with Crippen LogP contribution in [-0.2, 0) is 4.79 Å². The number of carboxylic acid groups (broad SMARTS) is 1. The average Bonchev–Trinajstić information content (AvgIpc) is 2.43. The Morgan fingerprint density at radius 1 is 1.73 bits per heavy atom. The zero-order chi connectivity index (χ0) is 11.5. The van der Waals surface area contributed by atoms with Gasteiger partial charge in [-0.15, -0.1) is 6.58 Å². The van der Waals surface area contributed by atoms with Crippen molar-refractivity contribution in [3.05, 3.63) is 12.7 Å². The molecule has 0 saturated carbocycles. The Bertz CT molecular complexity index is 252. The summed E-state index contributed by atoms with van der Waals surface area (Å²) in [5, 5.41) is 8.99. The molecule has 1 saturated heterocycles. The molecular formula is C12H21NO2. The van der Waals surface area contributed by atoms with Crippen molar-refractivity contribution in [3.8, 4) is 0 Å². The zero-order valence-electron chi connectivity index (χ0n) is 9.70. The number of carboxylic acids is 1. The zero-order valence-corrected chi connectivity index (χ0v) is 9.70. The van der Waals surface area contributed by atoms with Gasteiger partial charge in [0.1, 0.15) is 0 Å². The van der Waals surface area contributed by atoms with Crippen molar-refractivity contribution < 1.29 is 9.90 Å². The molecule has 0 radical (unpaired) electrons. The van der Waals surface area contributed by atoms with Crippen LogP contribution in [-0.4, -0.2) is 34.6 Å². The number of rotatable bonds is 5. The predicted molar refractivity (Wildman–Crippen MR) is 60.8 cm³/mol. The summed E-state index contributed by atoms with van der Waals surface area (Å²) in [5.74, 6) is -0.107. The molecule has 0 bridgehead atoms. The molecule has 0 aromatic rings. The minimum Gasteiger partial charge on any atom is -0.481 e. The molecule has 86 valence electrons. The largest absolute Gasteiger partial charge is 0.481 e. The van der Waals surface area contributed by atoms with Gasteiger partial charge in [0.25, 0.3) is 0 Å². The Balaban J connectivity index is 2.82. The molecule has 2 unspecified atom stereocenters. The minimum absolute atomic E-state index is 0.139. The second-order valence-electron chi connectivity index (χ2n) is 4.65. The lowest BCUT2D eigenvalue weighted by molar-refractivity contribution is -0.140. The number of aliphatic carboxylic acids is 1. The quantitative estimate of drug-likeness (QED) is 0.708. The van der Waals surface area contributed by atoms with E-state index < -0.39 is 5.97 Å². The SMILES string of the molecule is C=CCN1CC(C)CC1(CC)CC(=O)O. The van der Waals surface area contributed by atoms with Crippen LogP contribution in [0.1, 0.15) is 33.1 Å². The molecule has 1 heterocycles. The maximum atomic E-state index is 10.9. The molecule has 1 rings (SSSR count). The van der Waals surface area contributed by atoms with E-state index in [4.69, 9.17) is 5.11 Å². The molecule has 0 aromatic heterocycles. The average molecular weight is 211 g/mol. The predicted octanol–water partition coefficient (Wildman–Crippen LogP) is 2.14. The topological polar surface area (TPSA) is 40.5 Å². The highest BCUT2D eigenvalue weighted by Gasteiger charge is 2.43. The summed E-state index contributed by atoms with van der Waals surface area (Å²) in [6.45, 7) is 9.80. The highest BCUT2D eigenvalue weighted by molar-refractivity contribution is 5.68. The van der Waals surface area contributed by atoms with Crippen LogP contribution in [0.2, 0.25) is 0 Å². The van der Waals surface area contributed by atoms with Crippen LogP contribution in [0.5, 0.6) is 0 Å². The second-order valence-corrected chi connectivity index (χ2v) is 4.65. The first-order valence-corrected chi connectivity index (χ1v) is 5.62. The van der Waals surface area contributed by atoms with Crippen molar-refractivity contribution >= 4 is 5.97 Å². The molecule has 1 aliphatic heterocycles. The van der Waals surface area contributed by atoms with Gasteiger partial charge in [-0.1, -0.05) is 19.9 Å². The third kappa shape index (κ3) is 2.59. The molecule has 1 fully saturated rings. The monoisotopic (exact) mass is 211 g/mol. The van der Waals surface area contributed by atoms with Gasteiger partial charge in [0.15, 0.2) is 0 Å². The van der Waals surface area contributed by atoms with E-state index in [9.17, 15) is 4.79 Å². The van der Waals surface area contributed by atoms with E-state index >= 15 is 0 Å². The molecule has 0 amide bonds. The Kier molecular flexibility index (Phi) is 3.91. The van der Waals surface area contributed by atoms with E-state index in [0.29, 0.717) is 5.92 Å². The smallest absolute Gasteiger partial charge is 0.305 e. The second kappa shape index (κ2) is 4.79. The van der Waals surface area contributed by atoms with Crippen LogP contribution in [0.15, 0.2) is 12.7 Å². The lowest BCUT2D eigenvalue weighted by Crippen LogP contribution is -2.45. The Labute approximate surface area is 91.8 Å². The Morgan fingerprint density at radius 3 is 2.87 bits per heavy atom. The minimum atomic E-state index is -0.694. The molecule has 1 aliphatic rings. The van der Waals surface area contributed by atoms with Crippen molar-refractivity contribution in [1.29, 1.82) is 0 Å².